The zero-order valence-electron chi connectivity index (χ0n) is 17.1. The van der Waals surface area contributed by atoms with Crippen LogP contribution in [0.3, 0.4) is 0 Å². The number of likely N-dealkylation sites (N-methyl/N-ethyl adjacent to an activating group) is 1. The van der Waals surface area contributed by atoms with E-state index in [0.29, 0.717) is 18.8 Å². The van der Waals surface area contributed by atoms with Crippen LogP contribution in [0.15, 0.2) is 30.6 Å². The predicted molar refractivity (Wildman–Crippen MR) is 110 cm³/mol. The molecule has 1 saturated heterocycles. The third-order valence-electron chi connectivity index (χ3n) is 5.71. The first-order valence-electron chi connectivity index (χ1n) is 10.6. The van der Waals surface area contributed by atoms with E-state index in [1.165, 1.54) is 0 Å². The van der Waals surface area contributed by atoms with E-state index in [-0.39, 0.29) is 12.0 Å². The first-order valence-corrected chi connectivity index (χ1v) is 10.6. The lowest BCUT2D eigenvalue weighted by Gasteiger charge is -2.33. The Labute approximate surface area is 171 Å². The van der Waals surface area contributed by atoms with Crippen molar-refractivity contribution in [1.29, 1.82) is 0 Å². The summed E-state index contributed by atoms with van der Waals surface area (Å²) >= 11 is 0. The van der Waals surface area contributed by atoms with Crippen LogP contribution in [0, 0.1) is 0 Å². The summed E-state index contributed by atoms with van der Waals surface area (Å²) in [5.41, 5.74) is 1.54. The van der Waals surface area contributed by atoms with E-state index in [9.17, 15) is 4.79 Å². The molecule has 1 amide bonds. The number of nitrogens with one attached hydrogen (secondary N) is 1. The van der Waals surface area contributed by atoms with E-state index in [1.54, 1.807) is 12.4 Å². The van der Waals surface area contributed by atoms with Crippen molar-refractivity contribution in [2.24, 2.45) is 0 Å². The Morgan fingerprint density at radius 1 is 1.21 bits per heavy atom. The van der Waals surface area contributed by atoms with Gasteiger partial charge in [0.05, 0.1) is 6.54 Å². The Bertz CT molecular complexity index is 777. The Kier molecular flexibility index (Phi) is 6.41. The third kappa shape index (κ3) is 5.13. The fourth-order valence-electron chi connectivity index (χ4n) is 3.99. The molecule has 1 N–H and O–H groups in total. The molecule has 0 unspecified atom stereocenters. The molecular weight excluding hydrogens is 368 g/mol. The second kappa shape index (κ2) is 9.37. The van der Waals surface area contributed by atoms with Crippen molar-refractivity contribution in [3.8, 4) is 5.75 Å². The van der Waals surface area contributed by atoms with Crippen molar-refractivity contribution in [2.75, 3.05) is 45.8 Å². The lowest BCUT2D eigenvalue weighted by Crippen LogP contribution is -2.46. The molecule has 1 fully saturated rings. The van der Waals surface area contributed by atoms with E-state index in [2.05, 4.69) is 32.1 Å². The molecular formula is C21H30N6O2. The number of amides is 1. The van der Waals surface area contributed by atoms with Crippen molar-refractivity contribution >= 4 is 5.91 Å². The van der Waals surface area contributed by atoms with Gasteiger partial charge in [-0.1, -0.05) is 6.92 Å². The molecule has 0 radical (unpaired) electrons. The second-order valence-corrected chi connectivity index (χ2v) is 7.72. The van der Waals surface area contributed by atoms with Gasteiger partial charge in [0, 0.05) is 57.2 Å². The predicted octanol–water partition coefficient (Wildman–Crippen LogP) is 1.04. The monoisotopic (exact) mass is 398 g/mol. The normalized spacial score (nSPS) is 19.8. The van der Waals surface area contributed by atoms with E-state index in [1.807, 2.05) is 22.9 Å². The molecule has 8 nitrogen and oxygen atoms in total. The van der Waals surface area contributed by atoms with Gasteiger partial charge in [0.1, 0.15) is 17.5 Å². The van der Waals surface area contributed by atoms with Gasteiger partial charge in [-0.15, -0.1) is 0 Å². The molecule has 2 aliphatic rings. The molecule has 0 bridgehead atoms. The highest BCUT2D eigenvalue weighted by Gasteiger charge is 2.26. The maximum atomic E-state index is 12.4. The summed E-state index contributed by atoms with van der Waals surface area (Å²) in [5.74, 6) is 0.721. The first kappa shape index (κ1) is 19.8. The fourth-order valence-corrected chi connectivity index (χ4v) is 3.99. The maximum Gasteiger partial charge on any atom is 0.271 e. The number of pyridine rings is 1. The summed E-state index contributed by atoms with van der Waals surface area (Å²) in [6.45, 7) is 10.3. The summed E-state index contributed by atoms with van der Waals surface area (Å²) in [6, 6.07) is 5.59. The van der Waals surface area contributed by atoms with Crippen molar-refractivity contribution in [2.45, 2.75) is 32.4 Å². The number of nitrogens with zero attached hydrogens (tertiary/aromatic N) is 5. The van der Waals surface area contributed by atoms with E-state index in [4.69, 9.17) is 4.74 Å². The number of piperazine rings is 1. The Morgan fingerprint density at radius 2 is 1.97 bits per heavy atom. The van der Waals surface area contributed by atoms with Crippen LogP contribution in [-0.4, -0.2) is 82.4 Å². The van der Waals surface area contributed by atoms with E-state index < -0.39 is 0 Å². The van der Waals surface area contributed by atoms with Gasteiger partial charge in [-0.05, 0) is 37.7 Å². The quantitative estimate of drug-likeness (QED) is 0.670. The van der Waals surface area contributed by atoms with Crippen LogP contribution in [0.1, 0.15) is 29.5 Å². The number of hydrogen-bond donors (Lipinski definition) is 1. The molecule has 4 rings (SSSR count). The molecule has 2 aliphatic heterocycles. The lowest BCUT2D eigenvalue weighted by molar-refractivity contribution is 0.0941. The van der Waals surface area contributed by atoms with Gasteiger partial charge in [-0.3, -0.25) is 14.5 Å². The highest BCUT2D eigenvalue weighted by molar-refractivity contribution is 5.92. The summed E-state index contributed by atoms with van der Waals surface area (Å²) < 4.78 is 7.84. The molecule has 8 heteroatoms. The number of ether oxygens (including phenoxy) is 1. The molecule has 0 saturated carbocycles. The summed E-state index contributed by atoms with van der Waals surface area (Å²) in [7, 11) is 0. The molecule has 29 heavy (non-hydrogen) atoms. The minimum Gasteiger partial charge on any atom is -0.488 e. The van der Waals surface area contributed by atoms with Crippen molar-refractivity contribution in [1.82, 2.24) is 29.9 Å². The van der Waals surface area contributed by atoms with Crippen LogP contribution in [0.2, 0.25) is 0 Å². The van der Waals surface area contributed by atoms with Gasteiger partial charge >= 0.3 is 0 Å². The minimum absolute atomic E-state index is 0.0465. The van der Waals surface area contributed by atoms with Crippen LogP contribution >= 0.6 is 0 Å². The lowest BCUT2D eigenvalue weighted by atomic mass is 10.2. The minimum atomic E-state index is -0.0886. The van der Waals surface area contributed by atoms with E-state index in [0.717, 1.165) is 63.6 Å². The fraction of sp³-hybridized carbons (Fsp3) is 0.571. The SMILES string of the molecule is CCN1CCN(CCCNC(=O)c2cc3n(n2)C[C@@H](Oc2ccncc2)C3)CC1. The second-order valence-electron chi connectivity index (χ2n) is 7.72. The molecule has 4 heterocycles. The molecule has 1 atom stereocenters. The van der Waals surface area contributed by atoms with Crippen molar-refractivity contribution in [3.63, 3.8) is 0 Å². The van der Waals surface area contributed by atoms with Gasteiger partial charge in [-0.2, -0.15) is 5.10 Å². The summed E-state index contributed by atoms with van der Waals surface area (Å²) in [6.07, 6.45) is 5.21. The maximum absolute atomic E-state index is 12.4. The van der Waals surface area contributed by atoms with Crippen LogP contribution < -0.4 is 10.1 Å². The molecule has 2 aromatic heterocycles. The van der Waals surface area contributed by atoms with Crippen molar-refractivity contribution in [3.05, 3.63) is 42.0 Å². The first-order chi connectivity index (χ1) is 14.2. The van der Waals surface area contributed by atoms with Crippen LogP contribution in [0.25, 0.3) is 0 Å². The zero-order chi connectivity index (χ0) is 20.1. The number of carbonyl (C=O) groups is 1. The number of rotatable bonds is 8. The number of carbonyl (C=O) groups excluding carboxylic acids is 1. The highest BCUT2D eigenvalue weighted by Crippen LogP contribution is 2.21. The summed E-state index contributed by atoms with van der Waals surface area (Å²) in [5, 5.41) is 7.47. The van der Waals surface area contributed by atoms with Crippen LogP contribution in [-0.2, 0) is 13.0 Å². The van der Waals surface area contributed by atoms with Crippen molar-refractivity contribution < 1.29 is 9.53 Å². The Morgan fingerprint density at radius 3 is 2.69 bits per heavy atom. The van der Waals surface area contributed by atoms with Gasteiger partial charge in [0.25, 0.3) is 5.91 Å². The molecule has 0 aromatic carbocycles. The van der Waals surface area contributed by atoms with Gasteiger partial charge in [-0.25, -0.2) is 0 Å². The van der Waals surface area contributed by atoms with Crippen LogP contribution in [0.4, 0.5) is 0 Å². The Hall–Kier alpha value is -2.45. The smallest absolute Gasteiger partial charge is 0.271 e. The van der Waals surface area contributed by atoms with E-state index >= 15 is 0 Å². The Balaban J connectivity index is 1.17. The van der Waals surface area contributed by atoms with Gasteiger partial charge in [0.15, 0.2) is 0 Å². The molecule has 0 spiro atoms. The van der Waals surface area contributed by atoms with Crippen LogP contribution in [0.5, 0.6) is 5.75 Å². The standard InChI is InChI=1S/C21H30N6O2/c1-2-25-10-12-26(13-11-25)9-3-6-23-21(28)20-15-17-14-19(16-27(17)24-20)29-18-4-7-22-8-5-18/h4-5,7-8,15,19H,2-3,6,9-14,16H2,1H3,(H,23,28)/t19-/m0/s1. The average Bonchev–Trinajstić information content (AvgIpc) is 3.31. The topological polar surface area (TPSA) is 75.5 Å². The zero-order valence-corrected chi connectivity index (χ0v) is 17.1. The number of aromatic nitrogens is 3. The average molecular weight is 399 g/mol. The number of hydrogen-bond acceptors (Lipinski definition) is 6. The molecule has 0 aliphatic carbocycles. The number of fused-ring (bicyclic) bond motifs is 1. The van der Waals surface area contributed by atoms with Gasteiger partial charge in [0.2, 0.25) is 0 Å². The largest absolute Gasteiger partial charge is 0.488 e. The summed E-state index contributed by atoms with van der Waals surface area (Å²) in [4.78, 5) is 21.4. The van der Waals surface area contributed by atoms with Gasteiger partial charge < -0.3 is 19.9 Å². The third-order valence-corrected chi connectivity index (χ3v) is 5.71. The highest BCUT2D eigenvalue weighted by atomic mass is 16.5. The molecule has 156 valence electrons. The molecule has 2 aromatic rings.